The van der Waals surface area contributed by atoms with Crippen molar-refractivity contribution in [3.8, 4) is 5.75 Å². The molecule has 1 fully saturated rings. The van der Waals surface area contributed by atoms with Crippen LogP contribution in [0.1, 0.15) is 29.6 Å². The third kappa shape index (κ3) is 2.81. The van der Waals surface area contributed by atoms with Gasteiger partial charge in [0.2, 0.25) is 0 Å². The normalized spacial score (nSPS) is 14.8. The molecule has 5 heteroatoms. The number of benzene rings is 1. The first-order chi connectivity index (χ1) is 9.17. The third-order valence-electron chi connectivity index (χ3n) is 3.57. The zero-order valence-corrected chi connectivity index (χ0v) is 11.1. The van der Waals surface area contributed by atoms with E-state index in [0.29, 0.717) is 23.5 Å². The van der Waals surface area contributed by atoms with Crippen LogP contribution >= 0.6 is 0 Å². The van der Waals surface area contributed by atoms with E-state index in [1.807, 2.05) is 0 Å². The number of hydrogen-bond donors (Lipinski definition) is 2. The van der Waals surface area contributed by atoms with Gasteiger partial charge in [-0.25, -0.2) is 0 Å². The molecule has 0 aliphatic heterocycles. The van der Waals surface area contributed by atoms with E-state index in [4.69, 9.17) is 15.6 Å². The molecule has 1 saturated carbocycles. The lowest BCUT2D eigenvalue weighted by Gasteiger charge is -2.37. The van der Waals surface area contributed by atoms with Crippen LogP contribution in [0, 0.1) is 0 Å². The Morgan fingerprint density at radius 1 is 1.53 bits per heavy atom. The average molecular weight is 264 g/mol. The molecule has 1 aromatic rings. The molecule has 104 valence electrons. The monoisotopic (exact) mass is 264 g/mol. The lowest BCUT2D eigenvalue weighted by Crippen LogP contribution is -2.45. The average Bonchev–Trinajstić information content (AvgIpc) is 2.35. The fourth-order valence-corrected chi connectivity index (χ4v) is 2.30. The predicted molar refractivity (Wildman–Crippen MR) is 73.2 cm³/mol. The molecule has 0 spiro atoms. The highest BCUT2D eigenvalue weighted by Crippen LogP contribution is 2.29. The molecule has 0 bridgehead atoms. The second kappa shape index (κ2) is 5.93. The van der Waals surface area contributed by atoms with Gasteiger partial charge in [-0.15, -0.1) is 0 Å². The number of hydrogen-bond acceptors (Lipinski definition) is 4. The lowest BCUT2D eigenvalue weighted by atomic mass is 9.91. The molecule has 0 radical (unpaired) electrons. The Hall–Kier alpha value is -1.75. The van der Waals surface area contributed by atoms with E-state index >= 15 is 0 Å². The SMILES string of the molecule is COc1ccc(N)cc1C(=O)N(CCO)C1CCC1. The summed E-state index contributed by atoms with van der Waals surface area (Å²) in [6, 6.07) is 5.26. The van der Waals surface area contributed by atoms with Gasteiger partial charge in [-0.1, -0.05) is 0 Å². The predicted octanol–water partition coefficient (Wildman–Crippen LogP) is 1.26. The Morgan fingerprint density at radius 2 is 2.26 bits per heavy atom. The van der Waals surface area contributed by atoms with E-state index in [1.54, 1.807) is 23.1 Å². The van der Waals surface area contributed by atoms with Crippen molar-refractivity contribution in [1.82, 2.24) is 4.90 Å². The van der Waals surface area contributed by atoms with E-state index in [1.165, 1.54) is 7.11 Å². The van der Waals surface area contributed by atoms with Gasteiger partial charge < -0.3 is 20.5 Å². The maximum Gasteiger partial charge on any atom is 0.258 e. The first-order valence-electron chi connectivity index (χ1n) is 6.52. The summed E-state index contributed by atoms with van der Waals surface area (Å²) in [6.45, 7) is 0.314. The molecule has 0 saturated heterocycles. The van der Waals surface area contributed by atoms with Gasteiger partial charge in [0.05, 0.1) is 19.3 Å². The summed E-state index contributed by atoms with van der Waals surface area (Å²) >= 11 is 0. The van der Waals surface area contributed by atoms with Crippen LogP contribution in [-0.4, -0.2) is 42.2 Å². The number of aliphatic hydroxyl groups excluding tert-OH is 1. The van der Waals surface area contributed by atoms with Crippen molar-refractivity contribution in [2.24, 2.45) is 0 Å². The highest BCUT2D eigenvalue weighted by atomic mass is 16.5. The van der Waals surface area contributed by atoms with Gasteiger partial charge in [0.1, 0.15) is 5.75 Å². The number of methoxy groups -OCH3 is 1. The minimum atomic E-state index is -0.122. The molecule has 1 aliphatic rings. The van der Waals surface area contributed by atoms with Gasteiger partial charge in [0.25, 0.3) is 5.91 Å². The number of nitrogen functional groups attached to an aromatic ring is 1. The summed E-state index contributed by atoms with van der Waals surface area (Å²) in [7, 11) is 1.53. The maximum atomic E-state index is 12.6. The Balaban J connectivity index is 2.27. The van der Waals surface area contributed by atoms with Crippen molar-refractivity contribution in [2.75, 3.05) is 26.0 Å². The summed E-state index contributed by atoms with van der Waals surface area (Å²) in [5, 5.41) is 9.13. The topological polar surface area (TPSA) is 75.8 Å². The number of nitrogens with zero attached hydrogens (tertiary/aromatic N) is 1. The van der Waals surface area contributed by atoms with Crippen LogP contribution in [0.2, 0.25) is 0 Å². The Morgan fingerprint density at radius 3 is 2.79 bits per heavy atom. The van der Waals surface area contributed by atoms with Gasteiger partial charge in [-0.05, 0) is 37.5 Å². The third-order valence-corrected chi connectivity index (χ3v) is 3.57. The minimum absolute atomic E-state index is 0.0349. The summed E-state index contributed by atoms with van der Waals surface area (Å²) in [5.41, 5.74) is 6.73. The molecule has 19 heavy (non-hydrogen) atoms. The highest BCUT2D eigenvalue weighted by molar-refractivity contribution is 5.98. The molecule has 0 atom stereocenters. The molecule has 2 rings (SSSR count). The minimum Gasteiger partial charge on any atom is -0.496 e. The van der Waals surface area contributed by atoms with Crippen molar-refractivity contribution in [2.45, 2.75) is 25.3 Å². The van der Waals surface area contributed by atoms with Gasteiger partial charge in [0.15, 0.2) is 0 Å². The van der Waals surface area contributed by atoms with Crippen molar-refractivity contribution in [1.29, 1.82) is 0 Å². The molecule has 0 unspecified atom stereocenters. The van der Waals surface area contributed by atoms with E-state index in [2.05, 4.69) is 0 Å². The highest BCUT2D eigenvalue weighted by Gasteiger charge is 2.30. The number of nitrogens with two attached hydrogens (primary N) is 1. The largest absolute Gasteiger partial charge is 0.496 e. The van der Waals surface area contributed by atoms with Crippen LogP contribution in [0.5, 0.6) is 5.75 Å². The van der Waals surface area contributed by atoms with Crippen LogP contribution in [-0.2, 0) is 0 Å². The molecule has 1 amide bonds. The number of amides is 1. The second-order valence-electron chi connectivity index (χ2n) is 4.77. The van der Waals surface area contributed by atoms with Gasteiger partial charge in [-0.2, -0.15) is 0 Å². The zero-order valence-electron chi connectivity index (χ0n) is 11.1. The van der Waals surface area contributed by atoms with Crippen LogP contribution in [0.4, 0.5) is 5.69 Å². The van der Waals surface area contributed by atoms with Crippen LogP contribution in [0.15, 0.2) is 18.2 Å². The first kappa shape index (κ1) is 13.7. The summed E-state index contributed by atoms with van der Waals surface area (Å²) in [6.07, 6.45) is 3.13. The van der Waals surface area contributed by atoms with Crippen molar-refractivity contribution < 1.29 is 14.6 Å². The maximum absolute atomic E-state index is 12.6. The van der Waals surface area contributed by atoms with E-state index in [9.17, 15) is 4.79 Å². The summed E-state index contributed by atoms with van der Waals surface area (Å²) in [5.74, 6) is 0.393. The molecule has 0 aromatic heterocycles. The van der Waals surface area contributed by atoms with Gasteiger partial charge >= 0.3 is 0 Å². The first-order valence-corrected chi connectivity index (χ1v) is 6.52. The van der Waals surface area contributed by atoms with Crippen LogP contribution in [0.3, 0.4) is 0 Å². The Bertz CT molecular complexity index is 458. The number of anilines is 1. The van der Waals surface area contributed by atoms with Crippen molar-refractivity contribution >= 4 is 11.6 Å². The van der Waals surface area contributed by atoms with E-state index in [-0.39, 0.29) is 18.6 Å². The zero-order chi connectivity index (χ0) is 13.8. The standard InChI is InChI=1S/C14H20N2O3/c1-19-13-6-5-10(15)9-12(13)14(18)16(7-8-17)11-3-2-4-11/h5-6,9,11,17H,2-4,7-8,15H2,1H3. The fourth-order valence-electron chi connectivity index (χ4n) is 2.30. The summed E-state index contributed by atoms with van der Waals surface area (Å²) in [4.78, 5) is 14.3. The Kier molecular flexibility index (Phi) is 4.27. The van der Waals surface area contributed by atoms with Crippen LogP contribution < -0.4 is 10.5 Å². The molecular formula is C14H20N2O3. The number of carbonyl (C=O) groups excluding carboxylic acids is 1. The quantitative estimate of drug-likeness (QED) is 0.785. The lowest BCUT2D eigenvalue weighted by molar-refractivity contribution is 0.0522. The number of ether oxygens (including phenoxy) is 1. The number of carbonyl (C=O) groups is 1. The molecule has 5 nitrogen and oxygen atoms in total. The number of aliphatic hydroxyl groups is 1. The molecule has 0 heterocycles. The van der Waals surface area contributed by atoms with Gasteiger partial charge in [0, 0.05) is 18.3 Å². The summed E-state index contributed by atoms with van der Waals surface area (Å²) < 4.78 is 5.22. The van der Waals surface area contributed by atoms with Crippen LogP contribution in [0.25, 0.3) is 0 Å². The molecule has 1 aromatic carbocycles. The van der Waals surface area contributed by atoms with Crippen molar-refractivity contribution in [3.63, 3.8) is 0 Å². The smallest absolute Gasteiger partial charge is 0.258 e. The van der Waals surface area contributed by atoms with Gasteiger partial charge in [-0.3, -0.25) is 4.79 Å². The molecule has 3 N–H and O–H groups in total. The van der Waals surface area contributed by atoms with E-state index < -0.39 is 0 Å². The molecular weight excluding hydrogens is 244 g/mol. The Labute approximate surface area is 113 Å². The molecule has 1 aliphatic carbocycles. The van der Waals surface area contributed by atoms with Crippen molar-refractivity contribution in [3.05, 3.63) is 23.8 Å². The second-order valence-corrected chi connectivity index (χ2v) is 4.77. The number of rotatable bonds is 5. The fraction of sp³-hybridized carbons (Fsp3) is 0.500. The van der Waals surface area contributed by atoms with E-state index in [0.717, 1.165) is 19.3 Å².